The molecule has 0 heterocycles. The molecule has 0 aromatic heterocycles. The number of rotatable bonds is 8. The number of nitrogens with one attached hydrogen (secondary N) is 1. The predicted octanol–water partition coefficient (Wildman–Crippen LogP) is 4.34. The lowest BCUT2D eigenvalue weighted by Gasteiger charge is -2.26. The molecular weight excluding hydrogens is 218 g/mol. The van der Waals surface area contributed by atoms with E-state index in [1.165, 1.54) is 36.8 Å². The molecule has 1 nitrogen and oxygen atoms in total. The Bertz CT molecular complexity index is 328. The molecule has 0 saturated carbocycles. The molecule has 1 rings (SSSR count). The van der Waals surface area contributed by atoms with E-state index in [4.69, 9.17) is 0 Å². The maximum absolute atomic E-state index is 3.67. The standard InChI is InChI=1S/C17H29N/c1-5-15(6-2)17(18-7-3)13-12-16-11-9-8-10-14(16)4/h8-11,15,17-18H,5-7,12-13H2,1-4H3. The van der Waals surface area contributed by atoms with Crippen molar-refractivity contribution in [2.24, 2.45) is 5.92 Å². The largest absolute Gasteiger partial charge is 0.314 e. The van der Waals surface area contributed by atoms with Gasteiger partial charge >= 0.3 is 0 Å². The molecule has 0 radical (unpaired) electrons. The zero-order valence-corrected chi connectivity index (χ0v) is 12.5. The SMILES string of the molecule is CCNC(CCc1ccccc1C)C(CC)CC. The van der Waals surface area contributed by atoms with E-state index in [0.717, 1.165) is 12.5 Å². The van der Waals surface area contributed by atoms with Gasteiger partial charge in [0.25, 0.3) is 0 Å². The summed E-state index contributed by atoms with van der Waals surface area (Å²) in [6, 6.07) is 9.44. The second kappa shape index (κ2) is 8.31. The van der Waals surface area contributed by atoms with E-state index in [-0.39, 0.29) is 0 Å². The highest BCUT2D eigenvalue weighted by Gasteiger charge is 2.17. The molecule has 18 heavy (non-hydrogen) atoms. The Kier molecular flexibility index (Phi) is 7.04. The first-order valence-corrected chi connectivity index (χ1v) is 7.50. The van der Waals surface area contributed by atoms with Gasteiger partial charge in [-0.05, 0) is 43.4 Å². The summed E-state index contributed by atoms with van der Waals surface area (Å²) in [5, 5.41) is 3.67. The van der Waals surface area contributed by atoms with Crippen LogP contribution in [-0.4, -0.2) is 12.6 Å². The van der Waals surface area contributed by atoms with E-state index in [1.54, 1.807) is 0 Å². The van der Waals surface area contributed by atoms with Crippen molar-refractivity contribution in [2.75, 3.05) is 6.54 Å². The number of aryl methyl sites for hydroxylation is 2. The molecule has 1 aromatic rings. The lowest BCUT2D eigenvalue weighted by atomic mass is 9.89. The molecule has 0 saturated heterocycles. The Balaban J connectivity index is 2.59. The highest BCUT2D eigenvalue weighted by Crippen LogP contribution is 2.19. The quantitative estimate of drug-likeness (QED) is 0.720. The predicted molar refractivity (Wildman–Crippen MR) is 81.0 cm³/mol. The van der Waals surface area contributed by atoms with E-state index in [2.05, 4.69) is 57.3 Å². The van der Waals surface area contributed by atoms with Crippen LogP contribution in [0.2, 0.25) is 0 Å². The summed E-state index contributed by atoms with van der Waals surface area (Å²) in [5.41, 5.74) is 2.93. The van der Waals surface area contributed by atoms with Gasteiger partial charge in [0.05, 0.1) is 0 Å². The van der Waals surface area contributed by atoms with Crippen molar-refractivity contribution < 1.29 is 0 Å². The maximum Gasteiger partial charge on any atom is 0.00981 e. The fourth-order valence-corrected chi connectivity index (χ4v) is 2.83. The molecule has 0 spiro atoms. The number of benzene rings is 1. The fourth-order valence-electron chi connectivity index (χ4n) is 2.83. The third-order valence-corrected chi connectivity index (χ3v) is 4.07. The molecule has 1 aromatic carbocycles. The normalized spacial score (nSPS) is 12.9. The summed E-state index contributed by atoms with van der Waals surface area (Å²) in [7, 11) is 0. The minimum Gasteiger partial charge on any atom is -0.314 e. The molecule has 0 bridgehead atoms. The molecule has 0 amide bonds. The zero-order valence-electron chi connectivity index (χ0n) is 12.5. The van der Waals surface area contributed by atoms with Gasteiger partial charge in [-0.15, -0.1) is 0 Å². The minimum absolute atomic E-state index is 0.671. The Morgan fingerprint density at radius 3 is 2.28 bits per heavy atom. The van der Waals surface area contributed by atoms with Gasteiger partial charge in [0.1, 0.15) is 0 Å². The average molecular weight is 247 g/mol. The van der Waals surface area contributed by atoms with Crippen molar-refractivity contribution in [3.63, 3.8) is 0 Å². The van der Waals surface area contributed by atoms with Gasteiger partial charge in [-0.25, -0.2) is 0 Å². The lowest BCUT2D eigenvalue weighted by molar-refractivity contribution is 0.322. The number of hydrogen-bond acceptors (Lipinski definition) is 1. The molecule has 1 unspecified atom stereocenters. The van der Waals surface area contributed by atoms with Gasteiger partial charge in [-0.3, -0.25) is 0 Å². The van der Waals surface area contributed by atoms with Crippen LogP contribution in [0.4, 0.5) is 0 Å². The second-order valence-corrected chi connectivity index (χ2v) is 5.21. The maximum atomic E-state index is 3.67. The molecular formula is C17H29N. The van der Waals surface area contributed by atoms with Crippen LogP contribution in [0.1, 0.15) is 51.2 Å². The van der Waals surface area contributed by atoms with E-state index in [0.29, 0.717) is 6.04 Å². The van der Waals surface area contributed by atoms with Gasteiger partial charge in [0.2, 0.25) is 0 Å². The van der Waals surface area contributed by atoms with Crippen LogP contribution in [0.3, 0.4) is 0 Å². The summed E-state index contributed by atoms with van der Waals surface area (Å²) < 4.78 is 0. The second-order valence-electron chi connectivity index (χ2n) is 5.21. The Morgan fingerprint density at radius 2 is 1.72 bits per heavy atom. The highest BCUT2D eigenvalue weighted by atomic mass is 14.9. The van der Waals surface area contributed by atoms with Crippen molar-refractivity contribution >= 4 is 0 Å². The van der Waals surface area contributed by atoms with Crippen LogP contribution >= 0.6 is 0 Å². The first-order valence-electron chi connectivity index (χ1n) is 7.50. The van der Waals surface area contributed by atoms with Crippen molar-refractivity contribution in [1.29, 1.82) is 0 Å². The summed E-state index contributed by atoms with van der Waals surface area (Å²) in [6.07, 6.45) is 5.01. The molecule has 1 atom stereocenters. The highest BCUT2D eigenvalue weighted by molar-refractivity contribution is 5.25. The van der Waals surface area contributed by atoms with Crippen LogP contribution in [0.15, 0.2) is 24.3 Å². The van der Waals surface area contributed by atoms with Crippen LogP contribution in [0.5, 0.6) is 0 Å². The monoisotopic (exact) mass is 247 g/mol. The summed E-state index contributed by atoms with van der Waals surface area (Å²) in [6.45, 7) is 10.1. The van der Waals surface area contributed by atoms with Crippen molar-refractivity contribution in [2.45, 2.75) is 59.4 Å². The Morgan fingerprint density at radius 1 is 1.06 bits per heavy atom. The number of hydrogen-bond donors (Lipinski definition) is 1. The fraction of sp³-hybridized carbons (Fsp3) is 0.647. The van der Waals surface area contributed by atoms with Gasteiger partial charge in [0, 0.05) is 6.04 Å². The van der Waals surface area contributed by atoms with E-state index >= 15 is 0 Å². The van der Waals surface area contributed by atoms with Gasteiger partial charge < -0.3 is 5.32 Å². The Labute approximate surface area is 113 Å². The van der Waals surface area contributed by atoms with Crippen molar-refractivity contribution in [3.8, 4) is 0 Å². The molecule has 0 aliphatic rings. The minimum atomic E-state index is 0.671. The molecule has 1 N–H and O–H groups in total. The zero-order chi connectivity index (χ0) is 13.4. The van der Waals surface area contributed by atoms with E-state index < -0.39 is 0 Å². The summed E-state index contributed by atoms with van der Waals surface area (Å²) >= 11 is 0. The van der Waals surface area contributed by atoms with Crippen molar-refractivity contribution in [1.82, 2.24) is 5.32 Å². The third kappa shape index (κ3) is 4.45. The van der Waals surface area contributed by atoms with Crippen LogP contribution < -0.4 is 5.32 Å². The van der Waals surface area contributed by atoms with Crippen LogP contribution in [0, 0.1) is 12.8 Å². The summed E-state index contributed by atoms with van der Waals surface area (Å²) in [4.78, 5) is 0. The van der Waals surface area contributed by atoms with Gasteiger partial charge in [-0.2, -0.15) is 0 Å². The molecule has 1 heteroatoms. The molecule has 0 aliphatic carbocycles. The van der Waals surface area contributed by atoms with Crippen LogP contribution in [-0.2, 0) is 6.42 Å². The first kappa shape index (κ1) is 15.2. The van der Waals surface area contributed by atoms with Crippen molar-refractivity contribution in [3.05, 3.63) is 35.4 Å². The smallest absolute Gasteiger partial charge is 0.00981 e. The first-order chi connectivity index (χ1) is 8.72. The molecule has 0 aliphatic heterocycles. The third-order valence-electron chi connectivity index (χ3n) is 4.07. The topological polar surface area (TPSA) is 12.0 Å². The lowest BCUT2D eigenvalue weighted by Crippen LogP contribution is -2.36. The Hall–Kier alpha value is -0.820. The average Bonchev–Trinajstić information content (AvgIpc) is 2.39. The summed E-state index contributed by atoms with van der Waals surface area (Å²) in [5.74, 6) is 0.814. The molecule has 102 valence electrons. The van der Waals surface area contributed by atoms with Gasteiger partial charge in [0.15, 0.2) is 0 Å². The van der Waals surface area contributed by atoms with E-state index in [9.17, 15) is 0 Å². The van der Waals surface area contributed by atoms with E-state index in [1.807, 2.05) is 0 Å². The van der Waals surface area contributed by atoms with Gasteiger partial charge in [-0.1, -0.05) is 57.9 Å². The molecule has 0 fully saturated rings. The van der Waals surface area contributed by atoms with Crippen LogP contribution in [0.25, 0.3) is 0 Å².